The van der Waals surface area contributed by atoms with Crippen molar-refractivity contribution in [3.63, 3.8) is 0 Å². The Labute approximate surface area is 189 Å². The molecule has 0 bridgehead atoms. The van der Waals surface area contributed by atoms with E-state index >= 15 is 0 Å². The second-order valence-electron chi connectivity index (χ2n) is 7.98. The van der Waals surface area contributed by atoms with Crippen molar-refractivity contribution in [2.24, 2.45) is 0 Å². The van der Waals surface area contributed by atoms with E-state index in [4.69, 9.17) is 9.47 Å². The number of aliphatic hydroxyl groups is 1. The van der Waals surface area contributed by atoms with Crippen LogP contribution in [0.5, 0.6) is 5.75 Å². The molecule has 1 amide bonds. The van der Waals surface area contributed by atoms with E-state index in [-0.39, 0.29) is 17.9 Å². The molecule has 1 N–H and O–H groups in total. The Morgan fingerprint density at radius 2 is 1.81 bits per heavy atom. The van der Waals surface area contributed by atoms with Crippen molar-refractivity contribution >= 4 is 17.4 Å². The van der Waals surface area contributed by atoms with E-state index in [0.717, 1.165) is 30.4 Å². The lowest BCUT2D eigenvalue weighted by molar-refractivity contribution is -0.140. The monoisotopic (exact) mass is 437 g/mol. The Kier molecular flexibility index (Phi) is 8.06. The molecule has 0 saturated carbocycles. The van der Waals surface area contributed by atoms with E-state index in [0.29, 0.717) is 24.5 Å². The van der Waals surface area contributed by atoms with Crippen molar-refractivity contribution in [3.05, 3.63) is 70.8 Å². The average Bonchev–Trinajstić information content (AvgIpc) is 3.05. The molecule has 170 valence electrons. The SMILES string of the molecule is CCCCCOc1ccc(/C(O)=C2/C(=O)C(=O)N(CCOC)C2c2cccc(C)c2)cc1. The molecule has 1 aliphatic rings. The van der Waals surface area contributed by atoms with Crippen LogP contribution in [0.25, 0.3) is 5.76 Å². The summed E-state index contributed by atoms with van der Waals surface area (Å²) < 4.78 is 10.9. The number of hydrogen-bond donors (Lipinski definition) is 1. The summed E-state index contributed by atoms with van der Waals surface area (Å²) in [5, 5.41) is 11.1. The second-order valence-corrected chi connectivity index (χ2v) is 7.98. The number of carbonyl (C=O) groups excluding carboxylic acids is 2. The Morgan fingerprint density at radius 1 is 1.06 bits per heavy atom. The van der Waals surface area contributed by atoms with Gasteiger partial charge in [0.2, 0.25) is 0 Å². The quantitative estimate of drug-likeness (QED) is 0.254. The van der Waals surface area contributed by atoms with Crippen LogP contribution < -0.4 is 4.74 Å². The van der Waals surface area contributed by atoms with Gasteiger partial charge in [0.05, 0.1) is 24.8 Å². The largest absolute Gasteiger partial charge is 0.507 e. The van der Waals surface area contributed by atoms with Crippen molar-refractivity contribution < 1.29 is 24.2 Å². The third-order valence-electron chi connectivity index (χ3n) is 5.58. The van der Waals surface area contributed by atoms with Gasteiger partial charge in [0.15, 0.2) is 0 Å². The number of ether oxygens (including phenoxy) is 2. The van der Waals surface area contributed by atoms with E-state index in [2.05, 4.69) is 6.92 Å². The van der Waals surface area contributed by atoms with Gasteiger partial charge in [-0.25, -0.2) is 0 Å². The maximum atomic E-state index is 13.0. The van der Waals surface area contributed by atoms with Crippen molar-refractivity contribution in [2.75, 3.05) is 26.9 Å². The van der Waals surface area contributed by atoms with Crippen molar-refractivity contribution in [1.82, 2.24) is 4.90 Å². The standard InChI is InChI=1S/C26H31NO5/c1-4-5-6-15-32-21-12-10-19(11-13-21)24(28)22-23(20-9-7-8-18(2)17-20)27(14-16-31-3)26(30)25(22)29/h7-13,17,23,28H,4-6,14-16H2,1-3H3/b24-22-. The highest BCUT2D eigenvalue weighted by atomic mass is 16.5. The Balaban J connectivity index is 1.96. The zero-order valence-corrected chi connectivity index (χ0v) is 19.0. The number of unbranched alkanes of at least 4 members (excludes halogenated alkanes) is 2. The number of amides is 1. The molecule has 1 unspecified atom stereocenters. The summed E-state index contributed by atoms with van der Waals surface area (Å²) in [6, 6.07) is 13.9. The molecular formula is C26H31NO5. The van der Waals surface area contributed by atoms with Crippen LogP contribution in [0, 0.1) is 6.92 Å². The van der Waals surface area contributed by atoms with Gasteiger partial charge >= 0.3 is 0 Å². The number of ketones is 1. The van der Waals surface area contributed by atoms with Crippen molar-refractivity contribution in [2.45, 2.75) is 39.2 Å². The highest BCUT2D eigenvalue weighted by Gasteiger charge is 2.45. The maximum Gasteiger partial charge on any atom is 0.295 e. The smallest absolute Gasteiger partial charge is 0.295 e. The molecule has 2 aromatic carbocycles. The molecule has 1 atom stereocenters. The molecule has 0 spiro atoms. The number of rotatable bonds is 10. The van der Waals surface area contributed by atoms with Crippen molar-refractivity contribution in [3.8, 4) is 5.75 Å². The summed E-state index contributed by atoms with van der Waals surface area (Å²) in [6.45, 7) is 5.27. The number of aryl methyl sites for hydroxylation is 1. The highest BCUT2D eigenvalue weighted by molar-refractivity contribution is 6.46. The molecule has 2 aromatic rings. The second kappa shape index (κ2) is 11.0. The first kappa shape index (κ1) is 23.5. The fourth-order valence-electron chi connectivity index (χ4n) is 3.89. The molecule has 6 heteroatoms. The predicted molar refractivity (Wildman–Crippen MR) is 124 cm³/mol. The van der Waals surface area contributed by atoms with Gasteiger partial charge in [-0.15, -0.1) is 0 Å². The van der Waals surface area contributed by atoms with Gasteiger partial charge in [0.1, 0.15) is 11.5 Å². The molecule has 1 aliphatic heterocycles. The molecule has 32 heavy (non-hydrogen) atoms. The van der Waals surface area contributed by atoms with Gasteiger partial charge in [-0.2, -0.15) is 0 Å². The minimum atomic E-state index is -0.690. The number of likely N-dealkylation sites (tertiary alicyclic amines) is 1. The fourth-order valence-corrected chi connectivity index (χ4v) is 3.89. The average molecular weight is 438 g/mol. The van der Waals surface area contributed by atoms with E-state index < -0.39 is 17.7 Å². The molecule has 1 saturated heterocycles. The fraction of sp³-hybridized carbons (Fsp3) is 0.385. The molecule has 6 nitrogen and oxygen atoms in total. The zero-order valence-electron chi connectivity index (χ0n) is 19.0. The topological polar surface area (TPSA) is 76.1 Å². The molecule has 1 heterocycles. The zero-order chi connectivity index (χ0) is 23.1. The van der Waals surface area contributed by atoms with Gasteiger partial charge in [-0.1, -0.05) is 49.6 Å². The van der Waals surface area contributed by atoms with Crippen LogP contribution in [-0.4, -0.2) is 48.6 Å². The molecule has 3 rings (SSSR count). The summed E-state index contributed by atoms with van der Waals surface area (Å²) in [6.07, 6.45) is 3.22. The minimum absolute atomic E-state index is 0.0910. The molecule has 1 fully saturated rings. The Hall–Kier alpha value is -3.12. The van der Waals surface area contributed by atoms with Crippen LogP contribution >= 0.6 is 0 Å². The summed E-state index contributed by atoms with van der Waals surface area (Å²) in [4.78, 5) is 27.2. The summed E-state index contributed by atoms with van der Waals surface area (Å²) >= 11 is 0. The number of methoxy groups -OCH3 is 1. The number of nitrogens with zero attached hydrogens (tertiary/aromatic N) is 1. The van der Waals surface area contributed by atoms with Gasteiger partial charge in [-0.05, 0) is 43.2 Å². The Morgan fingerprint density at radius 3 is 2.47 bits per heavy atom. The van der Waals surface area contributed by atoms with E-state index in [9.17, 15) is 14.7 Å². The molecular weight excluding hydrogens is 406 g/mol. The first-order chi connectivity index (χ1) is 15.5. The van der Waals surface area contributed by atoms with Crippen LogP contribution in [0.4, 0.5) is 0 Å². The van der Waals surface area contributed by atoms with Gasteiger partial charge in [0.25, 0.3) is 11.7 Å². The predicted octanol–water partition coefficient (Wildman–Crippen LogP) is 4.63. The van der Waals surface area contributed by atoms with E-state index in [1.54, 1.807) is 31.4 Å². The van der Waals surface area contributed by atoms with E-state index in [1.807, 2.05) is 31.2 Å². The molecule has 0 aromatic heterocycles. The number of Topliss-reactive ketones (excluding diaryl/α,β-unsaturated/α-hetero) is 1. The molecule has 0 radical (unpaired) electrons. The summed E-state index contributed by atoms with van der Waals surface area (Å²) in [5.41, 5.74) is 2.34. The van der Waals surface area contributed by atoms with Gasteiger partial charge in [-0.3, -0.25) is 9.59 Å². The lowest BCUT2D eigenvalue weighted by Crippen LogP contribution is -2.32. The van der Waals surface area contributed by atoms with Crippen LogP contribution in [0.3, 0.4) is 0 Å². The van der Waals surface area contributed by atoms with Crippen LogP contribution in [0.1, 0.15) is 48.9 Å². The third kappa shape index (κ3) is 5.19. The maximum absolute atomic E-state index is 13.0. The van der Waals surface area contributed by atoms with Gasteiger partial charge < -0.3 is 19.5 Å². The number of hydrogen-bond acceptors (Lipinski definition) is 5. The highest BCUT2D eigenvalue weighted by Crippen LogP contribution is 2.39. The third-order valence-corrected chi connectivity index (χ3v) is 5.58. The van der Waals surface area contributed by atoms with Crippen LogP contribution in [0.2, 0.25) is 0 Å². The minimum Gasteiger partial charge on any atom is -0.507 e. The van der Waals surface area contributed by atoms with Crippen LogP contribution in [0.15, 0.2) is 54.1 Å². The van der Waals surface area contributed by atoms with Crippen molar-refractivity contribution in [1.29, 1.82) is 0 Å². The lowest BCUT2D eigenvalue weighted by atomic mass is 9.94. The first-order valence-corrected chi connectivity index (χ1v) is 11.0. The lowest BCUT2D eigenvalue weighted by Gasteiger charge is -2.25. The number of benzene rings is 2. The summed E-state index contributed by atoms with van der Waals surface area (Å²) in [5.74, 6) is -0.809. The van der Waals surface area contributed by atoms with Gasteiger partial charge in [0, 0.05) is 19.2 Å². The van der Waals surface area contributed by atoms with E-state index in [1.165, 1.54) is 4.90 Å². The number of aliphatic hydroxyl groups excluding tert-OH is 1. The summed E-state index contributed by atoms with van der Waals surface area (Å²) in [7, 11) is 1.55. The van der Waals surface area contributed by atoms with Crippen LogP contribution in [-0.2, 0) is 14.3 Å². The Bertz CT molecular complexity index is 980. The first-order valence-electron chi connectivity index (χ1n) is 11.0. The molecule has 0 aliphatic carbocycles. The normalized spacial score (nSPS) is 17.7. The number of carbonyl (C=O) groups is 2.